The molecule has 1 atom stereocenters. The molecule has 0 saturated heterocycles. The van der Waals surface area contributed by atoms with E-state index in [4.69, 9.17) is 4.98 Å². The van der Waals surface area contributed by atoms with Crippen molar-refractivity contribution < 1.29 is 18.0 Å². The predicted molar refractivity (Wildman–Crippen MR) is 128 cm³/mol. The smallest absolute Gasteiger partial charge is 0.349 e. The third-order valence-electron chi connectivity index (χ3n) is 6.56. The number of nitrogens with one attached hydrogen (secondary N) is 1. The molecule has 0 radical (unpaired) electrons. The number of para-hydroxylation sites is 1. The van der Waals surface area contributed by atoms with Crippen LogP contribution in [-0.2, 0) is 11.5 Å². The van der Waals surface area contributed by atoms with E-state index in [1.165, 1.54) is 31.4 Å². The molecule has 7 heteroatoms. The maximum absolute atomic E-state index is 13.6. The number of alkyl halides is 4. The van der Waals surface area contributed by atoms with Gasteiger partial charge in [0.25, 0.3) is 5.91 Å². The lowest BCUT2D eigenvalue weighted by Gasteiger charge is -2.28. The fourth-order valence-electron chi connectivity index (χ4n) is 4.73. The van der Waals surface area contributed by atoms with E-state index in [0.717, 1.165) is 30.4 Å². The van der Waals surface area contributed by atoms with Crippen LogP contribution in [0, 0.1) is 5.92 Å². The Kier molecular flexibility index (Phi) is 7.07. The topological polar surface area (TPSA) is 42.0 Å². The van der Waals surface area contributed by atoms with Crippen LogP contribution in [0.25, 0.3) is 22.2 Å². The molecule has 4 rings (SSSR count). The molecule has 174 valence electrons. The number of hydrogen-bond acceptors (Lipinski definition) is 2. The van der Waals surface area contributed by atoms with Crippen molar-refractivity contribution in [3.63, 3.8) is 0 Å². The molecule has 1 aromatic heterocycles. The van der Waals surface area contributed by atoms with Crippen LogP contribution in [0.15, 0.2) is 48.5 Å². The summed E-state index contributed by atoms with van der Waals surface area (Å²) in [5.41, 5.74) is 2.16. The molecule has 3 aromatic rings. The molecule has 0 unspecified atom stereocenters. The zero-order valence-corrected chi connectivity index (χ0v) is 20.0. The quantitative estimate of drug-likeness (QED) is 0.355. The SMILES string of the molecule is C[C@H](NC(=O)c1c(CBr)c(-c2ccc(C(F)(F)F)cc2)nc2ccccc12)C1CCCCC1. The highest BCUT2D eigenvalue weighted by molar-refractivity contribution is 9.08. The Balaban J connectivity index is 1.77. The van der Waals surface area contributed by atoms with Crippen molar-refractivity contribution in [2.45, 2.75) is 56.6 Å². The monoisotopic (exact) mass is 518 g/mol. The number of benzene rings is 2. The average molecular weight is 519 g/mol. The second kappa shape index (κ2) is 9.84. The van der Waals surface area contributed by atoms with E-state index in [0.29, 0.717) is 39.1 Å². The molecule has 1 amide bonds. The molecule has 2 aromatic carbocycles. The molecule has 1 fully saturated rings. The lowest BCUT2D eigenvalue weighted by atomic mass is 9.84. The van der Waals surface area contributed by atoms with Crippen molar-refractivity contribution in [1.29, 1.82) is 0 Å². The molecule has 1 heterocycles. The van der Waals surface area contributed by atoms with E-state index in [9.17, 15) is 18.0 Å². The van der Waals surface area contributed by atoms with Crippen LogP contribution < -0.4 is 5.32 Å². The number of carbonyl (C=O) groups is 1. The number of nitrogens with zero attached hydrogens (tertiary/aromatic N) is 1. The summed E-state index contributed by atoms with van der Waals surface area (Å²) in [6.07, 6.45) is 1.44. The summed E-state index contributed by atoms with van der Waals surface area (Å²) in [5, 5.41) is 4.29. The lowest BCUT2D eigenvalue weighted by Crippen LogP contribution is -2.39. The van der Waals surface area contributed by atoms with E-state index in [2.05, 4.69) is 28.2 Å². The van der Waals surface area contributed by atoms with Crippen LogP contribution >= 0.6 is 15.9 Å². The van der Waals surface area contributed by atoms with Gasteiger partial charge in [0.05, 0.1) is 22.3 Å². The number of fused-ring (bicyclic) bond motifs is 1. The van der Waals surface area contributed by atoms with Crippen LogP contribution in [0.1, 0.15) is 60.5 Å². The van der Waals surface area contributed by atoms with Gasteiger partial charge in [-0.3, -0.25) is 4.79 Å². The standard InChI is InChI=1S/C26H26BrF3N2O/c1-16(17-7-3-2-4-8-17)31-25(33)23-20-9-5-6-10-22(20)32-24(21(23)15-27)18-11-13-19(14-12-18)26(28,29)30/h5-6,9-14,16-17H,2-4,7-8,15H2,1H3,(H,31,33)/t16-/m0/s1. The fraction of sp³-hybridized carbons (Fsp3) is 0.385. The van der Waals surface area contributed by atoms with Gasteiger partial charge in [0, 0.05) is 27.9 Å². The number of pyridine rings is 1. The summed E-state index contributed by atoms with van der Waals surface area (Å²) < 4.78 is 39.1. The van der Waals surface area contributed by atoms with Crippen LogP contribution in [0.4, 0.5) is 13.2 Å². The van der Waals surface area contributed by atoms with Gasteiger partial charge in [0.1, 0.15) is 0 Å². The Morgan fingerprint density at radius 1 is 1.09 bits per heavy atom. The highest BCUT2D eigenvalue weighted by Gasteiger charge is 2.30. The zero-order valence-electron chi connectivity index (χ0n) is 18.4. The number of aromatic nitrogens is 1. The van der Waals surface area contributed by atoms with E-state index in [-0.39, 0.29) is 11.9 Å². The Hall–Kier alpha value is -2.41. The summed E-state index contributed by atoms with van der Waals surface area (Å²) >= 11 is 3.50. The molecule has 3 nitrogen and oxygen atoms in total. The zero-order chi connectivity index (χ0) is 23.6. The van der Waals surface area contributed by atoms with Crippen molar-refractivity contribution in [2.75, 3.05) is 0 Å². The number of carbonyl (C=O) groups excluding carboxylic acids is 1. The van der Waals surface area contributed by atoms with Gasteiger partial charge in [-0.1, -0.05) is 65.5 Å². The van der Waals surface area contributed by atoms with Gasteiger partial charge in [-0.05, 0) is 43.9 Å². The molecule has 0 spiro atoms. The lowest BCUT2D eigenvalue weighted by molar-refractivity contribution is -0.137. The Bertz CT molecular complexity index is 1140. The van der Waals surface area contributed by atoms with Gasteiger partial charge in [-0.2, -0.15) is 13.2 Å². The number of amides is 1. The summed E-state index contributed by atoms with van der Waals surface area (Å²) in [4.78, 5) is 18.3. The largest absolute Gasteiger partial charge is 0.416 e. The first kappa shape index (κ1) is 23.7. The van der Waals surface area contributed by atoms with Crippen molar-refractivity contribution >= 4 is 32.7 Å². The minimum atomic E-state index is -4.41. The second-order valence-corrected chi connectivity index (χ2v) is 9.26. The van der Waals surface area contributed by atoms with Gasteiger partial charge in [-0.15, -0.1) is 0 Å². The van der Waals surface area contributed by atoms with Crippen LogP contribution in [0.3, 0.4) is 0 Å². The highest BCUT2D eigenvalue weighted by Crippen LogP contribution is 2.35. The molecule has 33 heavy (non-hydrogen) atoms. The van der Waals surface area contributed by atoms with Gasteiger partial charge in [0.2, 0.25) is 0 Å². The van der Waals surface area contributed by atoms with E-state index in [1.54, 1.807) is 0 Å². The first-order valence-electron chi connectivity index (χ1n) is 11.3. The summed E-state index contributed by atoms with van der Waals surface area (Å²) in [6, 6.07) is 12.4. The minimum Gasteiger partial charge on any atom is -0.349 e. The van der Waals surface area contributed by atoms with Gasteiger partial charge >= 0.3 is 6.18 Å². The summed E-state index contributed by atoms with van der Waals surface area (Å²) in [7, 11) is 0. The van der Waals surface area contributed by atoms with E-state index in [1.807, 2.05) is 24.3 Å². The summed E-state index contributed by atoms with van der Waals surface area (Å²) in [6.45, 7) is 2.06. The van der Waals surface area contributed by atoms with Crippen molar-refractivity contribution in [1.82, 2.24) is 10.3 Å². The Morgan fingerprint density at radius 3 is 2.39 bits per heavy atom. The third kappa shape index (κ3) is 5.08. The highest BCUT2D eigenvalue weighted by atomic mass is 79.9. The maximum Gasteiger partial charge on any atom is 0.416 e. The summed E-state index contributed by atoms with van der Waals surface area (Å²) in [5.74, 6) is 0.284. The molecule has 1 aliphatic carbocycles. The molecular formula is C26H26BrF3N2O. The first-order chi connectivity index (χ1) is 15.8. The molecule has 1 aliphatic rings. The van der Waals surface area contributed by atoms with Crippen LogP contribution in [0.5, 0.6) is 0 Å². The Morgan fingerprint density at radius 2 is 1.76 bits per heavy atom. The fourth-order valence-corrected chi connectivity index (χ4v) is 5.27. The first-order valence-corrected chi connectivity index (χ1v) is 12.4. The predicted octanol–water partition coefficient (Wildman–Crippen LogP) is 7.51. The minimum absolute atomic E-state index is 0.0439. The Labute approximate surface area is 199 Å². The molecular weight excluding hydrogens is 493 g/mol. The van der Waals surface area contributed by atoms with Crippen molar-refractivity contribution in [2.24, 2.45) is 5.92 Å². The molecule has 0 aliphatic heterocycles. The molecule has 0 bridgehead atoms. The van der Waals surface area contributed by atoms with Gasteiger partial charge < -0.3 is 5.32 Å². The van der Waals surface area contributed by atoms with E-state index >= 15 is 0 Å². The van der Waals surface area contributed by atoms with Gasteiger partial charge in [-0.25, -0.2) is 4.98 Å². The molecule has 1 saturated carbocycles. The normalized spacial score (nSPS) is 16.0. The molecule has 1 N–H and O–H groups in total. The number of hydrogen-bond donors (Lipinski definition) is 1. The van der Waals surface area contributed by atoms with E-state index < -0.39 is 11.7 Å². The number of rotatable bonds is 5. The second-order valence-electron chi connectivity index (χ2n) is 8.70. The third-order valence-corrected chi connectivity index (χ3v) is 7.12. The van der Waals surface area contributed by atoms with Crippen molar-refractivity contribution in [3.8, 4) is 11.3 Å². The van der Waals surface area contributed by atoms with Crippen LogP contribution in [-0.4, -0.2) is 16.9 Å². The van der Waals surface area contributed by atoms with Crippen LogP contribution in [0.2, 0.25) is 0 Å². The average Bonchev–Trinajstić information content (AvgIpc) is 2.82. The maximum atomic E-state index is 13.6. The van der Waals surface area contributed by atoms with Crippen molar-refractivity contribution in [3.05, 3.63) is 65.2 Å². The van der Waals surface area contributed by atoms with Gasteiger partial charge in [0.15, 0.2) is 0 Å². The number of halogens is 4.